The van der Waals surface area contributed by atoms with E-state index in [1.165, 1.54) is 78.1 Å². The van der Waals surface area contributed by atoms with Crippen LogP contribution in [0, 0.1) is 0 Å². The lowest BCUT2D eigenvalue weighted by Crippen LogP contribution is -2.29. The normalized spacial score (nSPS) is 12.9. The van der Waals surface area contributed by atoms with Gasteiger partial charge in [0, 0.05) is 0 Å². The van der Waals surface area contributed by atoms with Gasteiger partial charge < -0.3 is 15.3 Å². The second kappa shape index (κ2) is 18.1. The second-order valence-corrected chi connectivity index (χ2v) is 9.82. The molecule has 0 aromatic rings. The Morgan fingerprint density at radius 1 is 0.759 bits per heavy atom. The minimum Gasteiger partial charge on any atom is -0.480 e. The molecule has 0 spiro atoms. The molecule has 4 N–H and O–H groups in total. The fraction of sp³-hybridized carbons (Fsp3) is 0.952. The molecule has 8 heteroatoms. The number of carboxylic acid groups (broad SMARTS) is 1. The molecule has 0 amide bonds. The number of rotatable bonds is 17. The van der Waals surface area contributed by atoms with E-state index in [4.69, 9.17) is 19.9 Å². The molecule has 0 bridgehead atoms. The molecule has 176 valence electrons. The maximum absolute atomic E-state index is 10.9. The summed E-state index contributed by atoms with van der Waals surface area (Å²) >= 11 is 0. The summed E-state index contributed by atoms with van der Waals surface area (Å²) in [5.74, 6) is -2.97. The molecule has 7 nitrogen and oxygen atoms in total. The first-order valence-corrected chi connectivity index (χ1v) is 12.5. The minimum atomic E-state index is -4.48. The van der Waals surface area contributed by atoms with Gasteiger partial charge in [-0.1, -0.05) is 96.8 Å². The van der Waals surface area contributed by atoms with E-state index in [0.717, 1.165) is 19.3 Å². The van der Waals surface area contributed by atoms with Crippen molar-refractivity contribution in [2.24, 2.45) is 0 Å². The van der Waals surface area contributed by atoms with Crippen molar-refractivity contribution >= 4 is 16.1 Å². The van der Waals surface area contributed by atoms with Crippen LogP contribution in [-0.4, -0.2) is 45.3 Å². The van der Waals surface area contributed by atoms with Crippen LogP contribution in [0.2, 0.25) is 0 Å². The van der Waals surface area contributed by atoms with Gasteiger partial charge in [0.15, 0.2) is 11.0 Å². The second-order valence-electron chi connectivity index (χ2n) is 8.22. The number of carboxylic acids is 1. The third-order valence-electron chi connectivity index (χ3n) is 4.45. The Bertz CT molecular complexity index is 478. The fourth-order valence-corrected chi connectivity index (χ4v) is 3.64. The van der Waals surface area contributed by atoms with Crippen molar-refractivity contribution in [3.05, 3.63) is 0 Å². The highest BCUT2D eigenvalue weighted by Gasteiger charge is 2.29. The van der Waals surface area contributed by atoms with E-state index in [1.54, 1.807) is 0 Å². The lowest BCUT2D eigenvalue weighted by molar-refractivity contribution is -0.136. The highest BCUT2D eigenvalue weighted by molar-refractivity contribution is 7.87. The predicted octanol–water partition coefficient (Wildman–Crippen LogP) is 4.91. The summed E-state index contributed by atoms with van der Waals surface area (Å²) in [6.45, 7) is 4.83. The zero-order valence-corrected chi connectivity index (χ0v) is 19.4. The molecule has 29 heavy (non-hydrogen) atoms. The number of carbonyl (C=O) groups is 1. The molecule has 0 aliphatic carbocycles. The van der Waals surface area contributed by atoms with Crippen molar-refractivity contribution in [3.63, 3.8) is 0 Å². The van der Waals surface area contributed by atoms with Gasteiger partial charge in [-0.2, -0.15) is 8.42 Å². The maximum atomic E-state index is 10.9. The van der Waals surface area contributed by atoms with E-state index in [-0.39, 0.29) is 6.42 Å². The molecule has 1 atom stereocenters. The van der Waals surface area contributed by atoms with Gasteiger partial charge in [0.05, 0.1) is 0 Å². The van der Waals surface area contributed by atoms with E-state index in [1.807, 2.05) is 0 Å². The predicted molar refractivity (Wildman–Crippen MR) is 116 cm³/mol. The molecule has 0 heterocycles. The van der Waals surface area contributed by atoms with Gasteiger partial charge in [0.1, 0.15) is 0 Å². The number of unbranched alkanes of at least 4 members (excludes halogenated alkanes) is 13. The van der Waals surface area contributed by atoms with Crippen molar-refractivity contribution in [2.75, 3.05) is 0 Å². The van der Waals surface area contributed by atoms with E-state index in [0.29, 0.717) is 6.42 Å². The van der Waals surface area contributed by atoms with Crippen LogP contribution in [0.1, 0.15) is 117 Å². The monoisotopic (exact) mass is 440 g/mol. The smallest absolute Gasteiger partial charge is 0.324 e. The summed E-state index contributed by atoms with van der Waals surface area (Å²) in [7, 11) is -4.48. The van der Waals surface area contributed by atoms with Gasteiger partial charge in [-0.25, -0.2) is 0 Å². The molecule has 0 fully saturated rings. The Kier molecular flexibility index (Phi) is 19.0. The average molecular weight is 441 g/mol. The first-order valence-electron chi connectivity index (χ1n) is 11.0. The Morgan fingerprint density at radius 3 is 1.28 bits per heavy atom. The van der Waals surface area contributed by atoms with Crippen molar-refractivity contribution in [2.45, 2.75) is 128 Å². The molecule has 1 unspecified atom stereocenters. The van der Waals surface area contributed by atoms with Gasteiger partial charge >= 0.3 is 5.97 Å². The van der Waals surface area contributed by atoms with Crippen LogP contribution in [0.4, 0.5) is 0 Å². The molecule has 0 saturated heterocycles. The van der Waals surface area contributed by atoms with Gasteiger partial charge in [0.25, 0.3) is 10.1 Å². The quantitative estimate of drug-likeness (QED) is 0.143. The summed E-state index contributed by atoms with van der Waals surface area (Å²) in [5.41, 5.74) is 0. The summed E-state index contributed by atoms with van der Waals surface area (Å²) in [6, 6.07) is 0. The Labute approximate surface area is 177 Å². The summed E-state index contributed by atoms with van der Waals surface area (Å²) < 4.78 is 30.7. The van der Waals surface area contributed by atoms with Crippen LogP contribution in [0.3, 0.4) is 0 Å². The van der Waals surface area contributed by atoms with Gasteiger partial charge in [-0.05, 0) is 20.3 Å². The number of hydrogen-bond donors (Lipinski definition) is 4. The Hall–Kier alpha value is -0.700. The molecule has 0 aliphatic rings. The number of aliphatic hydroxyl groups is 2. The number of hydrogen-bond acceptors (Lipinski definition) is 5. The van der Waals surface area contributed by atoms with E-state index in [2.05, 4.69) is 6.92 Å². The third kappa shape index (κ3) is 27.3. The molecular weight excluding hydrogens is 396 g/mol. The first-order chi connectivity index (χ1) is 13.4. The van der Waals surface area contributed by atoms with E-state index in [9.17, 15) is 13.2 Å². The zero-order valence-electron chi connectivity index (χ0n) is 18.6. The van der Waals surface area contributed by atoms with Crippen LogP contribution in [0.25, 0.3) is 0 Å². The minimum absolute atomic E-state index is 0.00774. The zero-order chi connectivity index (χ0) is 22.8. The lowest BCUT2D eigenvalue weighted by Gasteiger charge is -2.08. The highest BCUT2D eigenvalue weighted by Crippen LogP contribution is 2.15. The number of aliphatic carboxylic acids is 1. The highest BCUT2D eigenvalue weighted by atomic mass is 32.2. The van der Waals surface area contributed by atoms with E-state index < -0.39 is 27.1 Å². The summed E-state index contributed by atoms with van der Waals surface area (Å²) in [6.07, 6.45) is 16.6. The van der Waals surface area contributed by atoms with Crippen molar-refractivity contribution < 1.29 is 33.1 Å². The SMILES string of the molecule is CC(C)(O)O.CCCCCCCCCCCCCCCCC(C(=O)O)S(=O)(=O)O. The Morgan fingerprint density at radius 2 is 1.03 bits per heavy atom. The maximum Gasteiger partial charge on any atom is 0.324 e. The summed E-state index contributed by atoms with van der Waals surface area (Å²) in [5, 5.41) is 23.3. The van der Waals surface area contributed by atoms with Crippen molar-refractivity contribution in [1.29, 1.82) is 0 Å². The Balaban J connectivity index is 0. The van der Waals surface area contributed by atoms with Crippen LogP contribution in [-0.2, 0) is 14.9 Å². The molecule has 0 saturated carbocycles. The van der Waals surface area contributed by atoms with Gasteiger partial charge in [-0.3, -0.25) is 9.35 Å². The largest absolute Gasteiger partial charge is 0.480 e. The molecular formula is C21H44O7S. The van der Waals surface area contributed by atoms with Gasteiger partial charge in [0.2, 0.25) is 0 Å². The van der Waals surface area contributed by atoms with Crippen LogP contribution >= 0.6 is 0 Å². The molecule has 0 aromatic carbocycles. The molecule has 0 rings (SSSR count). The van der Waals surface area contributed by atoms with E-state index >= 15 is 0 Å². The van der Waals surface area contributed by atoms with Crippen LogP contribution in [0.5, 0.6) is 0 Å². The molecule has 0 aromatic heterocycles. The van der Waals surface area contributed by atoms with Crippen molar-refractivity contribution in [3.8, 4) is 0 Å². The van der Waals surface area contributed by atoms with Crippen molar-refractivity contribution in [1.82, 2.24) is 0 Å². The lowest BCUT2D eigenvalue weighted by atomic mass is 10.0. The third-order valence-corrected chi connectivity index (χ3v) is 5.61. The molecule has 0 aliphatic heterocycles. The summed E-state index contributed by atoms with van der Waals surface area (Å²) in [4.78, 5) is 10.8. The molecule has 0 radical (unpaired) electrons. The fourth-order valence-electron chi connectivity index (χ4n) is 2.92. The van der Waals surface area contributed by atoms with Gasteiger partial charge in [-0.15, -0.1) is 0 Å². The standard InChI is InChI=1S/C18H36O5S.C3H8O2/c1-2-3-4-5-6-7-8-9-10-11-12-13-14-15-16-17(18(19)20)24(21,22)23;1-3(2,4)5/h17H,2-16H2,1H3,(H,19,20)(H,21,22,23);4-5H,1-2H3. The van der Waals surface area contributed by atoms with Crippen LogP contribution in [0.15, 0.2) is 0 Å². The average Bonchev–Trinajstić information content (AvgIpc) is 2.55. The topological polar surface area (TPSA) is 132 Å². The van der Waals surface area contributed by atoms with Crippen LogP contribution < -0.4 is 0 Å². The first kappa shape index (κ1) is 30.5.